The van der Waals surface area contributed by atoms with E-state index in [0.29, 0.717) is 5.75 Å². The Bertz CT molecular complexity index is 276. The third kappa shape index (κ3) is 4.01. The number of carboxylic acid groups (broad SMARTS) is 1. The van der Waals surface area contributed by atoms with E-state index in [9.17, 15) is 4.79 Å². The normalized spacial score (nSPS) is 7.77. The standard InChI is InChI=1S/C8H8O3.2ClH/c1-11-7-4-2-3-6(5-7)8(9)10;;/h2-5H,1H3,(H,9,10);2*1H. The van der Waals surface area contributed by atoms with Crippen molar-refractivity contribution in [2.75, 3.05) is 7.11 Å². The van der Waals surface area contributed by atoms with Crippen LogP contribution in [0.3, 0.4) is 0 Å². The van der Waals surface area contributed by atoms with Gasteiger partial charge in [0, 0.05) is 0 Å². The number of methoxy groups -OCH3 is 1. The van der Waals surface area contributed by atoms with Crippen LogP contribution in [0.2, 0.25) is 0 Å². The summed E-state index contributed by atoms with van der Waals surface area (Å²) in [5, 5.41) is 8.55. The molecule has 0 spiro atoms. The quantitative estimate of drug-likeness (QED) is 0.839. The van der Waals surface area contributed by atoms with E-state index in [1.54, 1.807) is 12.1 Å². The minimum absolute atomic E-state index is 0. The van der Waals surface area contributed by atoms with Crippen LogP contribution in [0.4, 0.5) is 0 Å². The van der Waals surface area contributed by atoms with E-state index >= 15 is 0 Å². The Morgan fingerprint density at radius 2 is 2.00 bits per heavy atom. The lowest BCUT2D eigenvalue weighted by Gasteiger charge is -1.98. The second-order valence-corrected chi connectivity index (χ2v) is 2.04. The number of benzene rings is 1. The van der Waals surface area contributed by atoms with E-state index in [1.165, 1.54) is 19.2 Å². The maximum Gasteiger partial charge on any atom is 0.335 e. The van der Waals surface area contributed by atoms with Gasteiger partial charge in [-0.2, -0.15) is 0 Å². The maximum atomic E-state index is 10.4. The number of hydrogen-bond donors (Lipinski definition) is 1. The third-order valence-corrected chi connectivity index (χ3v) is 1.32. The smallest absolute Gasteiger partial charge is 0.335 e. The second-order valence-electron chi connectivity index (χ2n) is 2.04. The summed E-state index contributed by atoms with van der Waals surface area (Å²) in [6.45, 7) is 0. The van der Waals surface area contributed by atoms with Crippen molar-refractivity contribution in [3.8, 4) is 5.75 Å². The monoisotopic (exact) mass is 224 g/mol. The molecule has 3 nitrogen and oxygen atoms in total. The summed E-state index contributed by atoms with van der Waals surface area (Å²) in [6, 6.07) is 6.34. The van der Waals surface area contributed by atoms with Crippen molar-refractivity contribution in [3.05, 3.63) is 29.8 Å². The summed E-state index contributed by atoms with van der Waals surface area (Å²) in [4.78, 5) is 10.4. The van der Waals surface area contributed by atoms with Crippen molar-refractivity contribution in [3.63, 3.8) is 0 Å². The molecule has 0 aliphatic carbocycles. The van der Waals surface area contributed by atoms with Gasteiger partial charge in [-0.3, -0.25) is 0 Å². The summed E-state index contributed by atoms with van der Waals surface area (Å²) >= 11 is 0. The molecule has 0 fully saturated rings. The van der Waals surface area contributed by atoms with Gasteiger partial charge in [0.2, 0.25) is 0 Å². The fourth-order valence-corrected chi connectivity index (χ4v) is 0.756. The first-order valence-corrected chi connectivity index (χ1v) is 3.11. The number of rotatable bonds is 2. The van der Waals surface area contributed by atoms with Gasteiger partial charge >= 0.3 is 5.97 Å². The molecule has 13 heavy (non-hydrogen) atoms. The lowest BCUT2D eigenvalue weighted by atomic mass is 10.2. The highest BCUT2D eigenvalue weighted by atomic mass is 35.5. The Balaban J connectivity index is 0. The molecule has 0 saturated heterocycles. The molecule has 0 atom stereocenters. The van der Waals surface area contributed by atoms with Gasteiger partial charge in [0.15, 0.2) is 0 Å². The molecule has 0 bridgehead atoms. The minimum Gasteiger partial charge on any atom is -0.497 e. The van der Waals surface area contributed by atoms with E-state index in [1.807, 2.05) is 0 Å². The van der Waals surface area contributed by atoms with Crippen LogP contribution in [-0.4, -0.2) is 18.2 Å². The predicted octanol–water partition coefficient (Wildman–Crippen LogP) is 2.24. The topological polar surface area (TPSA) is 46.5 Å². The zero-order valence-electron chi connectivity index (χ0n) is 6.89. The highest BCUT2D eigenvalue weighted by Crippen LogP contribution is 2.11. The van der Waals surface area contributed by atoms with Gasteiger partial charge in [0.1, 0.15) is 5.75 Å². The van der Waals surface area contributed by atoms with E-state index in [4.69, 9.17) is 9.84 Å². The first-order chi connectivity index (χ1) is 5.24. The van der Waals surface area contributed by atoms with Gasteiger partial charge in [0.25, 0.3) is 0 Å². The Hall–Kier alpha value is -0.930. The van der Waals surface area contributed by atoms with Crippen LogP contribution in [0, 0.1) is 0 Å². The van der Waals surface area contributed by atoms with Crippen molar-refractivity contribution >= 4 is 30.8 Å². The first-order valence-electron chi connectivity index (χ1n) is 3.11. The van der Waals surface area contributed by atoms with Crippen molar-refractivity contribution in [2.24, 2.45) is 0 Å². The Labute approximate surface area is 88.5 Å². The molecular weight excluding hydrogens is 215 g/mol. The molecule has 0 aromatic heterocycles. The molecule has 1 rings (SSSR count). The Morgan fingerprint density at radius 1 is 1.38 bits per heavy atom. The van der Waals surface area contributed by atoms with Gasteiger partial charge in [-0.05, 0) is 18.2 Å². The lowest BCUT2D eigenvalue weighted by Crippen LogP contribution is -1.95. The van der Waals surface area contributed by atoms with Crippen LogP contribution in [-0.2, 0) is 0 Å². The molecule has 1 aromatic carbocycles. The molecule has 1 N–H and O–H groups in total. The van der Waals surface area contributed by atoms with E-state index < -0.39 is 5.97 Å². The Morgan fingerprint density at radius 3 is 2.46 bits per heavy atom. The molecule has 0 radical (unpaired) electrons. The van der Waals surface area contributed by atoms with E-state index in [2.05, 4.69) is 0 Å². The summed E-state index contributed by atoms with van der Waals surface area (Å²) in [5.41, 5.74) is 0.240. The summed E-state index contributed by atoms with van der Waals surface area (Å²) in [7, 11) is 1.50. The first kappa shape index (κ1) is 14.6. The van der Waals surface area contributed by atoms with Crippen molar-refractivity contribution in [1.82, 2.24) is 0 Å². The number of aromatic carboxylic acids is 1. The number of ether oxygens (including phenoxy) is 1. The average molecular weight is 225 g/mol. The third-order valence-electron chi connectivity index (χ3n) is 1.32. The molecule has 0 unspecified atom stereocenters. The van der Waals surface area contributed by atoms with Gasteiger partial charge in [-0.15, -0.1) is 24.8 Å². The summed E-state index contributed by atoms with van der Waals surface area (Å²) in [5.74, 6) is -0.381. The highest BCUT2D eigenvalue weighted by Gasteiger charge is 2.01. The van der Waals surface area contributed by atoms with Crippen LogP contribution < -0.4 is 4.74 Å². The second kappa shape index (κ2) is 6.57. The molecule has 1 aromatic rings. The molecule has 74 valence electrons. The van der Waals surface area contributed by atoms with Gasteiger partial charge < -0.3 is 9.84 Å². The van der Waals surface area contributed by atoms with Crippen LogP contribution >= 0.6 is 24.8 Å². The van der Waals surface area contributed by atoms with Gasteiger partial charge in [-0.25, -0.2) is 4.79 Å². The summed E-state index contributed by atoms with van der Waals surface area (Å²) in [6.07, 6.45) is 0. The maximum absolute atomic E-state index is 10.4. The van der Waals surface area contributed by atoms with Crippen molar-refractivity contribution in [1.29, 1.82) is 0 Å². The largest absolute Gasteiger partial charge is 0.497 e. The minimum atomic E-state index is -0.941. The number of carboxylic acids is 1. The molecule has 0 aliphatic heterocycles. The zero-order chi connectivity index (χ0) is 8.27. The molecule has 5 heteroatoms. The van der Waals surface area contributed by atoms with Crippen LogP contribution in [0.5, 0.6) is 5.75 Å². The Kier molecular flexibility index (Phi) is 7.37. The molecule has 0 aliphatic rings. The van der Waals surface area contributed by atoms with Crippen LogP contribution in [0.1, 0.15) is 10.4 Å². The number of carbonyl (C=O) groups is 1. The lowest BCUT2D eigenvalue weighted by molar-refractivity contribution is 0.0696. The van der Waals surface area contributed by atoms with Crippen molar-refractivity contribution in [2.45, 2.75) is 0 Å². The average Bonchev–Trinajstić information content (AvgIpc) is 2.05. The zero-order valence-corrected chi connectivity index (χ0v) is 8.52. The van der Waals surface area contributed by atoms with Gasteiger partial charge in [0.05, 0.1) is 12.7 Å². The van der Waals surface area contributed by atoms with E-state index in [-0.39, 0.29) is 30.4 Å². The highest BCUT2D eigenvalue weighted by molar-refractivity contribution is 5.88. The van der Waals surface area contributed by atoms with Gasteiger partial charge in [-0.1, -0.05) is 6.07 Å². The molecular formula is C8H10Cl2O3. The van der Waals surface area contributed by atoms with Crippen LogP contribution in [0.15, 0.2) is 24.3 Å². The van der Waals surface area contributed by atoms with E-state index in [0.717, 1.165) is 0 Å². The molecule has 0 amide bonds. The number of halogens is 2. The fourth-order valence-electron chi connectivity index (χ4n) is 0.756. The van der Waals surface area contributed by atoms with Crippen LogP contribution in [0.25, 0.3) is 0 Å². The summed E-state index contributed by atoms with van der Waals surface area (Å²) < 4.78 is 4.84. The fraction of sp³-hybridized carbons (Fsp3) is 0.125. The van der Waals surface area contributed by atoms with Crippen molar-refractivity contribution < 1.29 is 14.6 Å². The predicted molar refractivity (Wildman–Crippen MR) is 54.4 cm³/mol. The SMILES string of the molecule is COc1cccc(C(=O)O)c1.Cl.Cl. The molecule has 0 saturated carbocycles. The molecule has 0 heterocycles. The number of hydrogen-bond acceptors (Lipinski definition) is 2.